The number of nitro benzene ring substituents is 1. The highest BCUT2D eigenvalue weighted by Gasteiger charge is 2.36. The first-order valence-electron chi connectivity index (χ1n) is 9.07. The van der Waals surface area contributed by atoms with Crippen LogP contribution in [-0.4, -0.2) is 64.5 Å². The number of halogens is 2. The van der Waals surface area contributed by atoms with Crippen LogP contribution in [0, 0.1) is 10.1 Å². The fraction of sp³-hybridized carbons (Fsp3) is 0.263. The second kappa shape index (κ2) is 8.10. The van der Waals surface area contributed by atoms with Gasteiger partial charge in [-0.1, -0.05) is 23.2 Å². The molecule has 0 N–H and O–H groups in total. The van der Waals surface area contributed by atoms with Crippen molar-refractivity contribution in [3.05, 3.63) is 56.2 Å². The number of nitro groups is 1. The quantitative estimate of drug-likeness (QED) is 0.217. The lowest BCUT2D eigenvalue weighted by atomic mass is 9.93. The molecule has 9 nitrogen and oxygen atoms in total. The lowest BCUT2D eigenvalue weighted by molar-refractivity contribution is -0.384. The Morgan fingerprint density at radius 2 is 1.77 bits per heavy atom. The average Bonchev–Trinajstić information content (AvgIpc) is 2.71. The van der Waals surface area contributed by atoms with Crippen molar-refractivity contribution < 1.29 is 4.92 Å². The van der Waals surface area contributed by atoms with Crippen LogP contribution in [0.4, 0.5) is 11.6 Å². The first-order chi connectivity index (χ1) is 14.7. The van der Waals surface area contributed by atoms with Crippen molar-refractivity contribution in [2.24, 2.45) is 9.98 Å². The van der Waals surface area contributed by atoms with Gasteiger partial charge in [-0.3, -0.25) is 10.1 Å². The number of hydrogen-bond acceptors (Lipinski definition) is 9. The minimum absolute atomic E-state index is 0.0158. The molecule has 2 aliphatic heterocycles. The number of benzene rings is 1. The number of rotatable bonds is 3. The Kier molecular flexibility index (Phi) is 5.63. The Morgan fingerprint density at radius 1 is 1.10 bits per heavy atom. The maximum Gasteiger partial charge on any atom is 0.269 e. The van der Waals surface area contributed by atoms with Crippen molar-refractivity contribution in [2.75, 3.05) is 33.1 Å². The Morgan fingerprint density at radius 3 is 2.35 bits per heavy atom. The predicted octanol–water partition coefficient (Wildman–Crippen LogP) is 3.91. The number of thioether (sulfide) groups is 1. The van der Waals surface area contributed by atoms with Crippen LogP contribution in [0.5, 0.6) is 0 Å². The maximum atomic E-state index is 11.1. The van der Waals surface area contributed by atoms with Gasteiger partial charge >= 0.3 is 0 Å². The molecule has 2 aliphatic rings. The lowest BCUT2D eigenvalue weighted by Crippen LogP contribution is -2.30. The van der Waals surface area contributed by atoms with Gasteiger partial charge in [0.05, 0.1) is 10.5 Å². The summed E-state index contributed by atoms with van der Waals surface area (Å²) in [4.78, 5) is 32.4. The molecule has 0 spiro atoms. The van der Waals surface area contributed by atoms with Gasteiger partial charge in [-0.2, -0.15) is 0 Å². The van der Waals surface area contributed by atoms with E-state index in [4.69, 9.17) is 23.2 Å². The summed E-state index contributed by atoms with van der Waals surface area (Å²) in [6.07, 6.45) is 0. The van der Waals surface area contributed by atoms with Gasteiger partial charge in [-0.05, 0) is 29.5 Å². The average molecular weight is 478 g/mol. The molecule has 4 rings (SSSR count). The van der Waals surface area contributed by atoms with E-state index in [0.29, 0.717) is 44.3 Å². The van der Waals surface area contributed by atoms with Crippen LogP contribution in [0.25, 0.3) is 5.57 Å². The highest BCUT2D eigenvalue weighted by atomic mass is 35.5. The summed E-state index contributed by atoms with van der Waals surface area (Å²) >= 11 is 14.7. The van der Waals surface area contributed by atoms with Crippen molar-refractivity contribution in [2.45, 2.75) is 10.5 Å². The van der Waals surface area contributed by atoms with Crippen LogP contribution in [-0.2, 0) is 0 Å². The maximum absolute atomic E-state index is 11.1. The molecule has 0 bridgehead atoms. The molecular weight excluding hydrogens is 461 g/mol. The molecule has 2 aromatic rings. The van der Waals surface area contributed by atoms with Crippen molar-refractivity contribution in [3.8, 4) is 0 Å². The number of hydrogen-bond donors (Lipinski definition) is 0. The topological polar surface area (TPSA) is 100 Å². The Labute approximate surface area is 192 Å². The van der Waals surface area contributed by atoms with Crippen LogP contribution in [0.3, 0.4) is 0 Å². The molecular formula is C19H17Cl2N7O2S. The van der Waals surface area contributed by atoms with Gasteiger partial charge in [0.2, 0.25) is 11.9 Å². The summed E-state index contributed by atoms with van der Waals surface area (Å²) < 4.78 is 0. The number of aromatic nitrogens is 2. The summed E-state index contributed by atoms with van der Waals surface area (Å²) in [6.45, 7) is 0. The fourth-order valence-electron chi connectivity index (χ4n) is 3.13. The van der Waals surface area contributed by atoms with Crippen LogP contribution in [0.1, 0.15) is 11.1 Å². The Bertz CT molecular complexity index is 1180. The van der Waals surface area contributed by atoms with Gasteiger partial charge in [0, 0.05) is 51.5 Å². The third-order valence-electron chi connectivity index (χ3n) is 4.60. The van der Waals surface area contributed by atoms with E-state index in [9.17, 15) is 10.1 Å². The fourth-order valence-corrected chi connectivity index (χ4v) is 4.87. The number of non-ortho nitro benzene ring substituents is 1. The highest BCUT2D eigenvalue weighted by Crippen LogP contribution is 2.47. The number of nitrogens with zero attached hydrogens (tertiary/aromatic N) is 7. The summed E-state index contributed by atoms with van der Waals surface area (Å²) in [7, 11) is 7.33. The highest BCUT2D eigenvalue weighted by molar-refractivity contribution is 8.14. The van der Waals surface area contributed by atoms with Gasteiger partial charge in [0.25, 0.3) is 5.69 Å². The number of guanidine groups is 1. The molecule has 1 aromatic carbocycles. The molecule has 0 amide bonds. The molecule has 0 saturated carbocycles. The van der Waals surface area contributed by atoms with Crippen molar-refractivity contribution in [1.29, 1.82) is 0 Å². The minimum Gasteiger partial charge on any atom is -0.347 e. The summed E-state index contributed by atoms with van der Waals surface area (Å²) in [5, 5.41) is 12.6. The van der Waals surface area contributed by atoms with Crippen molar-refractivity contribution >= 4 is 63.2 Å². The van der Waals surface area contributed by atoms with E-state index in [-0.39, 0.29) is 10.8 Å². The van der Waals surface area contributed by atoms with E-state index in [2.05, 4.69) is 20.0 Å². The molecule has 31 heavy (non-hydrogen) atoms. The second-order valence-corrected chi connectivity index (χ2v) is 8.91. The van der Waals surface area contributed by atoms with Crippen LogP contribution in [0.15, 0.2) is 44.8 Å². The van der Waals surface area contributed by atoms with Gasteiger partial charge < -0.3 is 9.80 Å². The van der Waals surface area contributed by atoms with Gasteiger partial charge in [0.1, 0.15) is 15.2 Å². The first-order valence-corrected chi connectivity index (χ1v) is 10.7. The van der Waals surface area contributed by atoms with Crippen LogP contribution < -0.4 is 4.90 Å². The summed E-state index contributed by atoms with van der Waals surface area (Å²) in [5.74, 6) is 0.953. The Hall–Kier alpha value is -2.69. The number of fused-ring (bicyclic) bond motifs is 2. The minimum atomic E-state index is -0.722. The molecule has 0 fully saturated rings. The summed E-state index contributed by atoms with van der Waals surface area (Å²) in [6, 6.07) is 6.18. The molecule has 1 atom stereocenters. The molecule has 0 radical (unpaired) electrons. The normalized spacial score (nSPS) is 17.4. The van der Waals surface area contributed by atoms with Gasteiger partial charge in [-0.15, -0.1) is 0 Å². The second-order valence-electron chi connectivity index (χ2n) is 7.16. The monoisotopic (exact) mass is 477 g/mol. The van der Waals surface area contributed by atoms with E-state index in [0.717, 1.165) is 0 Å². The lowest BCUT2D eigenvalue weighted by Gasteiger charge is -2.30. The van der Waals surface area contributed by atoms with Crippen molar-refractivity contribution in [3.63, 3.8) is 0 Å². The Balaban J connectivity index is 1.99. The number of aliphatic imine (C=N–C) groups is 2. The molecule has 0 saturated heterocycles. The molecule has 0 aliphatic carbocycles. The van der Waals surface area contributed by atoms with E-state index >= 15 is 0 Å². The third kappa shape index (κ3) is 3.86. The molecule has 160 valence electrons. The number of anilines is 1. The molecule has 1 unspecified atom stereocenters. The summed E-state index contributed by atoms with van der Waals surface area (Å²) in [5.41, 5.74) is 1.89. The van der Waals surface area contributed by atoms with Crippen LogP contribution in [0.2, 0.25) is 5.15 Å². The predicted molar refractivity (Wildman–Crippen MR) is 125 cm³/mol. The molecule has 12 heteroatoms. The van der Waals surface area contributed by atoms with E-state index in [1.54, 1.807) is 21.9 Å². The van der Waals surface area contributed by atoms with Gasteiger partial charge in [0.15, 0.2) is 5.50 Å². The van der Waals surface area contributed by atoms with E-state index < -0.39 is 10.4 Å². The van der Waals surface area contributed by atoms with Crippen molar-refractivity contribution in [1.82, 2.24) is 14.9 Å². The standard InChI is InChI=1S/C19H17Cl2N7O2S/c1-26(2)18-22-14(20)12-11(9-5-7-10(8-6-9)28(29)30)13-15(21)23-19(27(3)4)25-17(13)31-16(12)24-18/h5-8,14H,1-4H3. The first kappa shape index (κ1) is 21.5. The van der Waals surface area contributed by atoms with E-state index in [1.807, 2.05) is 28.2 Å². The zero-order chi connectivity index (χ0) is 22.4. The smallest absolute Gasteiger partial charge is 0.269 e. The van der Waals surface area contributed by atoms with Gasteiger partial charge in [-0.25, -0.2) is 20.0 Å². The zero-order valence-electron chi connectivity index (χ0n) is 17.0. The van der Waals surface area contributed by atoms with E-state index in [1.165, 1.54) is 23.9 Å². The number of alkyl halides is 1. The third-order valence-corrected chi connectivity index (χ3v) is 6.18. The molecule has 3 heterocycles. The molecule has 1 aromatic heterocycles. The zero-order valence-corrected chi connectivity index (χ0v) is 19.3. The largest absolute Gasteiger partial charge is 0.347 e. The SMILES string of the molecule is CN(C)C1=NC(Cl)C2=C(c3ccc([N+](=O)[O-])cc3)c3c(Cl)nc(N(C)C)nc3SC2=N1. The van der Waals surface area contributed by atoms with Crippen LogP contribution >= 0.6 is 35.0 Å².